The SMILES string of the molecule is CC(=O)N1CCOC(c2ccccc2Cl)C1. The Morgan fingerprint density at radius 1 is 1.50 bits per heavy atom. The van der Waals surface area contributed by atoms with Crippen LogP contribution in [0.1, 0.15) is 18.6 Å². The van der Waals surface area contributed by atoms with Crippen molar-refractivity contribution >= 4 is 17.5 Å². The second kappa shape index (κ2) is 4.85. The van der Waals surface area contributed by atoms with Crippen LogP contribution in [0.15, 0.2) is 24.3 Å². The largest absolute Gasteiger partial charge is 0.370 e. The summed E-state index contributed by atoms with van der Waals surface area (Å²) in [5.41, 5.74) is 0.954. The van der Waals surface area contributed by atoms with Gasteiger partial charge in [-0.25, -0.2) is 0 Å². The van der Waals surface area contributed by atoms with Crippen LogP contribution in [0, 0.1) is 0 Å². The first kappa shape index (κ1) is 11.4. The van der Waals surface area contributed by atoms with Crippen molar-refractivity contribution < 1.29 is 9.53 Å². The van der Waals surface area contributed by atoms with E-state index >= 15 is 0 Å². The molecule has 1 aromatic rings. The summed E-state index contributed by atoms with van der Waals surface area (Å²) in [7, 11) is 0. The molecule has 0 saturated carbocycles. The van der Waals surface area contributed by atoms with Gasteiger partial charge in [0.2, 0.25) is 5.91 Å². The average molecular weight is 240 g/mol. The molecule has 1 saturated heterocycles. The number of morpholine rings is 1. The van der Waals surface area contributed by atoms with Crippen LogP contribution in [0.3, 0.4) is 0 Å². The third kappa shape index (κ3) is 2.36. The maximum atomic E-state index is 11.3. The number of amides is 1. The van der Waals surface area contributed by atoms with Gasteiger partial charge in [0.1, 0.15) is 6.10 Å². The van der Waals surface area contributed by atoms with E-state index in [0.717, 1.165) is 5.56 Å². The smallest absolute Gasteiger partial charge is 0.219 e. The Morgan fingerprint density at radius 2 is 2.25 bits per heavy atom. The van der Waals surface area contributed by atoms with Crippen LogP contribution in [0.4, 0.5) is 0 Å². The molecule has 1 aliphatic heterocycles. The number of hydrogen-bond donors (Lipinski definition) is 0. The maximum absolute atomic E-state index is 11.3. The summed E-state index contributed by atoms with van der Waals surface area (Å²) >= 11 is 6.10. The van der Waals surface area contributed by atoms with E-state index in [0.29, 0.717) is 24.7 Å². The van der Waals surface area contributed by atoms with E-state index in [9.17, 15) is 4.79 Å². The predicted octanol–water partition coefficient (Wildman–Crippen LogP) is 2.26. The van der Waals surface area contributed by atoms with Gasteiger partial charge in [-0.2, -0.15) is 0 Å². The fourth-order valence-electron chi connectivity index (χ4n) is 1.86. The van der Waals surface area contributed by atoms with E-state index in [1.54, 1.807) is 11.8 Å². The van der Waals surface area contributed by atoms with Gasteiger partial charge in [0, 0.05) is 24.1 Å². The highest BCUT2D eigenvalue weighted by atomic mass is 35.5. The summed E-state index contributed by atoms with van der Waals surface area (Å²) in [6.07, 6.45) is -0.105. The first-order valence-corrected chi connectivity index (χ1v) is 5.68. The number of hydrogen-bond acceptors (Lipinski definition) is 2. The standard InChI is InChI=1S/C12H14ClNO2/c1-9(15)14-6-7-16-12(8-14)10-4-2-3-5-11(10)13/h2-5,12H,6-8H2,1H3. The molecule has 1 heterocycles. The monoisotopic (exact) mass is 239 g/mol. The summed E-state index contributed by atoms with van der Waals surface area (Å²) < 4.78 is 5.65. The Bertz CT molecular complexity index is 394. The molecule has 0 bridgehead atoms. The number of carbonyl (C=O) groups is 1. The minimum absolute atomic E-state index is 0.0837. The van der Waals surface area contributed by atoms with Gasteiger partial charge in [-0.05, 0) is 6.07 Å². The molecule has 1 amide bonds. The van der Waals surface area contributed by atoms with Crippen LogP contribution < -0.4 is 0 Å². The number of carbonyl (C=O) groups excluding carboxylic acids is 1. The second-order valence-corrected chi connectivity index (χ2v) is 4.25. The number of ether oxygens (including phenoxy) is 1. The molecule has 2 rings (SSSR count). The van der Waals surface area contributed by atoms with Crippen molar-refractivity contribution in [1.82, 2.24) is 4.90 Å². The Kier molecular flexibility index (Phi) is 3.46. The molecule has 16 heavy (non-hydrogen) atoms. The fourth-order valence-corrected chi connectivity index (χ4v) is 2.12. The molecule has 1 atom stereocenters. The molecule has 1 fully saturated rings. The lowest BCUT2D eigenvalue weighted by Gasteiger charge is -2.32. The van der Waals surface area contributed by atoms with Crippen molar-refractivity contribution in [1.29, 1.82) is 0 Å². The van der Waals surface area contributed by atoms with Crippen LogP contribution in [0.2, 0.25) is 5.02 Å². The van der Waals surface area contributed by atoms with Crippen molar-refractivity contribution in [2.45, 2.75) is 13.0 Å². The van der Waals surface area contributed by atoms with Crippen LogP contribution in [-0.2, 0) is 9.53 Å². The van der Waals surface area contributed by atoms with E-state index in [1.165, 1.54) is 0 Å². The van der Waals surface area contributed by atoms with Crippen LogP contribution in [0.5, 0.6) is 0 Å². The first-order chi connectivity index (χ1) is 7.68. The highest BCUT2D eigenvalue weighted by Gasteiger charge is 2.24. The molecule has 86 valence electrons. The first-order valence-electron chi connectivity index (χ1n) is 5.30. The highest BCUT2D eigenvalue weighted by molar-refractivity contribution is 6.31. The predicted molar refractivity (Wildman–Crippen MR) is 62.4 cm³/mol. The van der Waals surface area contributed by atoms with Crippen LogP contribution in [-0.4, -0.2) is 30.5 Å². The molecule has 0 N–H and O–H groups in total. The van der Waals surface area contributed by atoms with E-state index in [2.05, 4.69) is 0 Å². The summed E-state index contributed by atoms with van der Waals surface area (Å²) in [6.45, 7) is 3.39. The maximum Gasteiger partial charge on any atom is 0.219 e. The summed E-state index contributed by atoms with van der Waals surface area (Å²) in [5.74, 6) is 0.0837. The van der Waals surface area contributed by atoms with Gasteiger partial charge in [0.25, 0.3) is 0 Å². The zero-order chi connectivity index (χ0) is 11.5. The molecule has 1 aliphatic rings. The molecule has 0 aliphatic carbocycles. The molecule has 1 aromatic carbocycles. The van der Waals surface area contributed by atoms with Gasteiger partial charge in [-0.1, -0.05) is 29.8 Å². The van der Waals surface area contributed by atoms with Crippen molar-refractivity contribution in [3.05, 3.63) is 34.9 Å². The van der Waals surface area contributed by atoms with Crippen molar-refractivity contribution in [2.24, 2.45) is 0 Å². The number of nitrogens with zero attached hydrogens (tertiary/aromatic N) is 1. The van der Waals surface area contributed by atoms with Crippen molar-refractivity contribution in [3.8, 4) is 0 Å². The molecule has 1 unspecified atom stereocenters. The Morgan fingerprint density at radius 3 is 2.94 bits per heavy atom. The lowest BCUT2D eigenvalue weighted by atomic mass is 10.1. The normalized spacial score (nSPS) is 20.9. The van der Waals surface area contributed by atoms with Gasteiger partial charge in [-0.15, -0.1) is 0 Å². The van der Waals surface area contributed by atoms with E-state index < -0.39 is 0 Å². The van der Waals surface area contributed by atoms with Crippen LogP contribution in [0.25, 0.3) is 0 Å². The van der Waals surface area contributed by atoms with E-state index in [1.807, 2.05) is 24.3 Å². The Balaban J connectivity index is 2.16. The zero-order valence-corrected chi connectivity index (χ0v) is 9.91. The summed E-state index contributed by atoms with van der Waals surface area (Å²) in [4.78, 5) is 13.1. The summed E-state index contributed by atoms with van der Waals surface area (Å²) in [5, 5.41) is 0.693. The van der Waals surface area contributed by atoms with Gasteiger partial charge in [-0.3, -0.25) is 4.79 Å². The van der Waals surface area contributed by atoms with E-state index in [-0.39, 0.29) is 12.0 Å². The molecule has 0 spiro atoms. The van der Waals surface area contributed by atoms with Gasteiger partial charge < -0.3 is 9.64 Å². The lowest BCUT2D eigenvalue weighted by molar-refractivity contribution is -0.136. The number of benzene rings is 1. The minimum Gasteiger partial charge on any atom is -0.370 e. The third-order valence-electron chi connectivity index (χ3n) is 2.76. The molecule has 4 heteroatoms. The Hall–Kier alpha value is -1.06. The van der Waals surface area contributed by atoms with Gasteiger partial charge in [0.15, 0.2) is 0 Å². The molecular weight excluding hydrogens is 226 g/mol. The topological polar surface area (TPSA) is 29.5 Å². The summed E-state index contributed by atoms with van der Waals surface area (Å²) in [6, 6.07) is 7.60. The minimum atomic E-state index is -0.105. The van der Waals surface area contributed by atoms with E-state index in [4.69, 9.17) is 16.3 Å². The molecule has 0 radical (unpaired) electrons. The highest BCUT2D eigenvalue weighted by Crippen LogP contribution is 2.28. The third-order valence-corrected chi connectivity index (χ3v) is 3.11. The van der Waals surface area contributed by atoms with Crippen molar-refractivity contribution in [3.63, 3.8) is 0 Å². The lowest BCUT2D eigenvalue weighted by Crippen LogP contribution is -2.41. The molecule has 0 aromatic heterocycles. The van der Waals surface area contributed by atoms with Crippen molar-refractivity contribution in [2.75, 3.05) is 19.7 Å². The molecule has 3 nitrogen and oxygen atoms in total. The molecular formula is C12H14ClNO2. The van der Waals surface area contributed by atoms with Crippen LogP contribution >= 0.6 is 11.6 Å². The zero-order valence-electron chi connectivity index (χ0n) is 9.15. The Labute approximate surface area is 100.0 Å². The van der Waals surface area contributed by atoms with Gasteiger partial charge >= 0.3 is 0 Å². The van der Waals surface area contributed by atoms with Gasteiger partial charge in [0.05, 0.1) is 13.2 Å². The second-order valence-electron chi connectivity index (χ2n) is 3.85. The number of rotatable bonds is 1. The fraction of sp³-hybridized carbons (Fsp3) is 0.417. The quantitative estimate of drug-likeness (QED) is 0.753. The average Bonchev–Trinajstić information content (AvgIpc) is 2.30. The number of halogens is 1.